The maximum atomic E-state index is 13.1. The van der Waals surface area contributed by atoms with Gasteiger partial charge in [0, 0.05) is 37.9 Å². The maximum Gasteiger partial charge on any atom is 0.234 e. The fourth-order valence-electron chi connectivity index (χ4n) is 5.33. The number of amides is 1. The standard InChI is InChI=1S/C21H30FN3O/c1-15(20-13-16-2-3-17(20)12-16)23-21(26)14-24-8-10-25(11-9-24)19-6-4-18(22)5-7-19/h4-7,15-17,20H,2-3,8-14H2,1H3,(H,23,26)/t15-,16+,17+,20-/m1/s1. The Balaban J connectivity index is 1.21. The van der Waals surface area contributed by atoms with E-state index in [0.29, 0.717) is 18.5 Å². The number of nitrogens with zero attached hydrogens (tertiary/aromatic N) is 2. The minimum atomic E-state index is -0.200. The van der Waals surface area contributed by atoms with Gasteiger partial charge in [0.2, 0.25) is 5.91 Å². The molecule has 3 fully saturated rings. The van der Waals surface area contributed by atoms with Crippen LogP contribution >= 0.6 is 0 Å². The van der Waals surface area contributed by atoms with Crippen LogP contribution in [0, 0.1) is 23.6 Å². The molecule has 4 nitrogen and oxygen atoms in total. The molecule has 0 radical (unpaired) electrons. The van der Waals surface area contributed by atoms with E-state index in [1.807, 2.05) is 12.1 Å². The van der Waals surface area contributed by atoms with Gasteiger partial charge in [-0.25, -0.2) is 4.39 Å². The van der Waals surface area contributed by atoms with Gasteiger partial charge in [-0.2, -0.15) is 0 Å². The van der Waals surface area contributed by atoms with Crippen LogP contribution in [0.4, 0.5) is 10.1 Å². The molecule has 1 N–H and O–H groups in total. The van der Waals surface area contributed by atoms with Crippen molar-refractivity contribution in [2.75, 3.05) is 37.6 Å². The molecule has 2 aliphatic carbocycles. The molecule has 1 aromatic rings. The van der Waals surface area contributed by atoms with Gasteiger partial charge in [-0.05, 0) is 68.2 Å². The molecule has 1 amide bonds. The van der Waals surface area contributed by atoms with E-state index in [1.165, 1.54) is 37.8 Å². The Morgan fingerprint density at radius 2 is 1.88 bits per heavy atom. The Bertz CT molecular complexity index is 627. The van der Waals surface area contributed by atoms with Crippen molar-refractivity contribution in [2.24, 2.45) is 17.8 Å². The predicted molar refractivity (Wildman–Crippen MR) is 102 cm³/mol. The van der Waals surface area contributed by atoms with Crippen LogP contribution in [0.15, 0.2) is 24.3 Å². The molecule has 1 aliphatic heterocycles. The smallest absolute Gasteiger partial charge is 0.234 e. The number of carbonyl (C=O) groups excluding carboxylic acids is 1. The van der Waals surface area contributed by atoms with E-state index in [1.54, 1.807) is 0 Å². The number of fused-ring (bicyclic) bond motifs is 2. The molecular weight excluding hydrogens is 329 g/mol. The SMILES string of the molecule is C[C@@H](NC(=O)CN1CCN(c2ccc(F)cc2)CC1)[C@H]1C[C@H]2CC[C@H]1C2. The zero-order valence-corrected chi connectivity index (χ0v) is 15.7. The van der Waals surface area contributed by atoms with Gasteiger partial charge in [-0.3, -0.25) is 9.69 Å². The quantitative estimate of drug-likeness (QED) is 0.878. The Labute approximate surface area is 155 Å². The third-order valence-electron chi connectivity index (χ3n) is 6.75. The lowest BCUT2D eigenvalue weighted by atomic mass is 9.84. The van der Waals surface area contributed by atoms with Crippen LogP contribution in [0.5, 0.6) is 0 Å². The molecule has 26 heavy (non-hydrogen) atoms. The minimum Gasteiger partial charge on any atom is -0.369 e. The summed E-state index contributed by atoms with van der Waals surface area (Å²) in [4.78, 5) is 16.9. The van der Waals surface area contributed by atoms with E-state index in [2.05, 4.69) is 22.0 Å². The predicted octanol–water partition coefficient (Wildman–Crippen LogP) is 2.89. The molecule has 1 heterocycles. The van der Waals surface area contributed by atoms with Crippen molar-refractivity contribution in [1.29, 1.82) is 0 Å². The van der Waals surface area contributed by atoms with Crippen LogP contribution in [-0.4, -0.2) is 49.6 Å². The first-order valence-corrected chi connectivity index (χ1v) is 10.1. The van der Waals surface area contributed by atoms with Crippen molar-refractivity contribution >= 4 is 11.6 Å². The van der Waals surface area contributed by atoms with Gasteiger partial charge < -0.3 is 10.2 Å². The zero-order chi connectivity index (χ0) is 18.1. The van der Waals surface area contributed by atoms with E-state index >= 15 is 0 Å². The Morgan fingerprint density at radius 3 is 2.50 bits per heavy atom. The Morgan fingerprint density at radius 1 is 1.15 bits per heavy atom. The summed E-state index contributed by atoms with van der Waals surface area (Å²) in [5.74, 6) is 2.41. The number of carbonyl (C=O) groups is 1. The minimum absolute atomic E-state index is 0.163. The maximum absolute atomic E-state index is 13.1. The first-order valence-electron chi connectivity index (χ1n) is 10.1. The number of piperazine rings is 1. The molecule has 142 valence electrons. The van der Waals surface area contributed by atoms with Crippen LogP contribution < -0.4 is 10.2 Å². The first kappa shape index (κ1) is 17.8. The fraction of sp³-hybridized carbons (Fsp3) is 0.667. The van der Waals surface area contributed by atoms with Gasteiger partial charge in [0.25, 0.3) is 0 Å². The number of hydrogen-bond acceptors (Lipinski definition) is 3. The molecule has 1 aromatic carbocycles. The highest BCUT2D eigenvalue weighted by atomic mass is 19.1. The summed E-state index contributed by atoms with van der Waals surface area (Å²) < 4.78 is 13.1. The second kappa shape index (κ2) is 7.55. The Kier molecular flexibility index (Phi) is 5.16. The summed E-state index contributed by atoms with van der Waals surface area (Å²) in [7, 11) is 0. The highest BCUT2D eigenvalue weighted by molar-refractivity contribution is 5.78. The van der Waals surface area contributed by atoms with Crippen LogP contribution in [0.25, 0.3) is 0 Å². The number of hydrogen-bond donors (Lipinski definition) is 1. The summed E-state index contributed by atoms with van der Waals surface area (Å²) in [5.41, 5.74) is 1.06. The molecular formula is C21H30FN3O. The van der Waals surface area contributed by atoms with Crippen molar-refractivity contribution in [2.45, 2.75) is 38.6 Å². The average molecular weight is 359 g/mol. The molecule has 1 saturated heterocycles. The highest BCUT2D eigenvalue weighted by Gasteiger charge is 2.42. The lowest BCUT2D eigenvalue weighted by Gasteiger charge is -2.36. The summed E-state index contributed by atoms with van der Waals surface area (Å²) in [5, 5.41) is 3.27. The average Bonchev–Trinajstić information content (AvgIpc) is 3.26. The molecule has 0 unspecified atom stereocenters. The molecule has 2 bridgehead atoms. The van der Waals surface area contributed by atoms with Crippen molar-refractivity contribution in [1.82, 2.24) is 10.2 Å². The lowest BCUT2D eigenvalue weighted by molar-refractivity contribution is -0.123. The van der Waals surface area contributed by atoms with Crippen molar-refractivity contribution in [3.8, 4) is 0 Å². The molecule has 0 spiro atoms. The summed E-state index contributed by atoms with van der Waals surface area (Å²) in [6.45, 7) is 6.17. The number of anilines is 1. The van der Waals surface area contributed by atoms with Gasteiger partial charge in [-0.1, -0.05) is 6.42 Å². The van der Waals surface area contributed by atoms with Crippen LogP contribution in [0.3, 0.4) is 0 Å². The van der Waals surface area contributed by atoms with E-state index in [-0.39, 0.29) is 11.7 Å². The lowest BCUT2D eigenvalue weighted by Crippen LogP contribution is -2.51. The number of rotatable bonds is 5. The van der Waals surface area contributed by atoms with Crippen LogP contribution in [-0.2, 0) is 4.79 Å². The van der Waals surface area contributed by atoms with Crippen LogP contribution in [0.2, 0.25) is 0 Å². The van der Waals surface area contributed by atoms with Crippen molar-refractivity contribution in [3.63, 3.8) is 0 Å². The summed E-state index contributed by atoms with van der Waals surface area (Å²) in [6.07, 6.45) is 5.46. The van der Waals surface area contributed by atoms with E-state index in [4.69, 9.17) is 0 Å². The molecule has 2 saturated carbocycles. The zero-order valence-electron chi connectivity index (χ0n) is 15.7. The third-order valence-corrected chi connectivity index (χ3v) is 6.75. The molecule has 4 atom stereocenters. The normalized spacial score (nSPS) is 29.8. The molecule has 4 rings (SSSR count). The van der Waals surface area contributed by atoms with Gasteiger partial charge in [-0.15, -0.1) is 0 Å². The monoisotopic (exact) mass is 359 g/mol. The number of nitrogens with one attached hydrogen (secondary N) is 1. The number of halogens is 1. The molecule has 3 aliphatic rings. The summed E-state index contributed by atoms with van der Waals surface area (Å²) in [6, 6.07) is 6.97. The van der Waals surface area contributed by atoms with Gasteiger partial charge in [0.1, 0.15) is 5.82 Å². The van der Waals surface area contributed by atoms with Gasteiger partial charge >= 0.3 is 0 Å². The van der Waals surface area contributed by atoms with E-state index < -0.39 is 0 Å². The third kappa shape index (κ3) is 3.88. The van der Waals surface area contributed by atoms with E-state index in [0.717, 1.165) is 43.7 Å². The topological polar surface area (TPSA) is 35.6 Å². The molecule has 5 heteroatoms. The largest absolute Gasteiger partial charge is 0.369 e. The number of benzene rings is 1. The highest BCUT2D eigenvalue weighted by Crippen LogP contribution is 2.49. The second-order valence-electron chi connectivity index (χ2n) is 8.43. The summed E-state index contributed by atoms with van der Waals surface area (Å²) >= 11 is 0. The van der Waals surface area contributed by atoms with Gasteiger partial charge in [0.05, 0.1) is 6.54 Å². The molecule has 0 aromatic heterocycles. The second-order valence-corrected chi connectivity index (χ2v) is 8.43. The van der Waals surface area contributed by atoms with Crippen molar-refractivity contribution in [3.05, 3.63) is 30.1 Å². The van der Waals surface area contributed by atoms with Crippen molar-refractivity contribution < 1.29 is 9.18 Å². The Hall–Kier alpha value is -1.62. The van der Waals surface area contributed by atoms with E-state index in [9.17, 15) is 9.18 Å². The van der Waals surface area contributed by atoms with Gasteiger partial charge in [0.15, 0.2) is 0 Å². The fourth-order valence-corrected chi connectivity index (χ4v) is 5.33. The van der Waals surface area contributed by atoms with Crippen LogP contribution in [0.1, 0.15) is 32.6 Å². The first-order chi connectivity index (χ1) is 12.6.